The number of imidazole rings is 1. The van der Waals surface area contributed by atoms with Gasteiger partial charge in [-0.25, -0.2) is 4.98 Å². The van der Waals surface area contributed by atoms with E-state index in [0.29, 0.717) is 12.1 Å². The Morgan fingerprint density at radius 2 is 1.83 bits per heavy atom. The molecule has 0 aliphatic rings. The van der Waals surface area contributed by atoms with Gasteiger partial charge in [0.2, 0.25) is 0 Å². The lowest BCUT2D eigenvalue weighted by atomic mass is 10.0. The number of fused-ring (bicyclic) bond motifs is 1. The molecule has 0 radical (unpaired) electrons. The zero-order chi connectivity index (χ0) is 20.2. The molecule has 4 aromatic rings. The van der Waals surface area contributed by atoms with E-state index in [1.165, 1.54) is 5.56 Å². The monoisotopic (exact) mass is 384 g/mol. The Labute approximate surface area is 170 Å². The van der Waals surface area contributed by atoms with Gasteiger partial charge in [-0.05, 0) is 29.2 Å². The van der Waals surface area contributed by atoms with Crippen LogP contribution >= 0.6 is 0 Å². The van der Waals surface area contributed by atoms with Crippen molar-refractivity contribution in [3.8, 4) is 0 Å². The Morgan fingerprint density at radius 3 is 2.55 bits per heavy atom. The highest BCUT2D eigenvalue weighted by Gasteiger charge is 2.14. The highest BCUT2D eigenvalue weighted by atomic mass is 16.1. The van der Waals surface area contributed by atoms with E-state index in [0.717, 1.165) is 28.7 Å². The zero-order valence-electron chi connectivity index (χ0n) is 16.7. The summed E-state index contributed by atoms with van der Waals surface area (Å²) in [6, 6.07) is 18.0. The summed E-state index contributed by atoms with van der Waals surface area (Å²) in [5, 5.41) is 3.94. The van der Waals surface area contributed by atoms with Crippen molar-refractivity contribution in [2.24, 2.45) is 0 Å². The predicted molar refractivity (Wildman–Crippen MR) is 115 cm³/mol. The van der Waals surface area contributed by atoms with Gasteiger partial charge >= 0.3 is 0 Å². The summed E-state index contributed by atoms with van der Waals surface area (Å²) in [5.41, 5.74) is 4.72. The summed E-state index contributed by atoms with van der Waals surface area (Å²) in [7, 11) is 0. The number of para-hydroxylation sites is 1. The standard InChI is InChI=1S/C24H24N4O/c1-17(2)23-13-21(20-5-3-4-6-22(20)27-23)24(29)26-14-18-7-9-19(10-8-18)15-28-12-11-25-16-28/h3-13,16-17H,14-15H2,1-2H3,(H,26,29). The van der Waals surface area contributed by atoms with E-state index in [-0.39, 0.29) is 11.8 Å². The molecule has 146 valence electrons. The number of aromatic nitrogens is 3. The summed E-state index contributed by atoms with van der Waals surface area (Å²) in [6.45, 7) is 5.44. The van der Waals surface area contributed by atoms with Gasteiger partial charge < -0.3 is 9.88 Å². The van der Waals surface area contributed by atoms with Crippen LogP contribution in [-0.2, 0) is 13.1 Å². The maximum atomic E-state index is 12.9. The molecule has 0 aliphatic carbocycles. The van der Waals surface area contributed by atoms with E-state index in [1.807, 2.05) is 41.1 Å². The molecule has 0 saturated heterocycles. The summed E-state index contributed by atoms with van der Waals surface area (Å²) >= 11 is 0. The minimum absolute atomic E-state index is 0.0759. The van der Waals surface area contributed by atoms with E-state index in [1.54, 1.807) is 12.5 Å². The lowest BCUT2D eigenvalue weighted by Gasteiger charge is -2.12. The number of carbonyl (C=O) groups excluding carboxylic acids is 1. The van der Waals surface area contributed by atoms with Crippen LogP contribution in [0.5, 0.6) is 0 Å². The number of rotatable bonds is 6. The normalized spacial score (nSPS) is 11.1. The van der Waals surface area contributed by atoms with Crippen LogP contribution in [0.3, 0.4) is 0 Å². The third-order valence-corrected chi connectivity index (χ3v) is 4.97. The second kappa shape index (κ2) is 8.27. The van der Waals surface area contributed by atoms with Crippen LogP contribution in [0.2, 0.25) is 0 Å². The average molecular weight is 384 g/mol. The van der Waals surface area contributed by atoms with E-state index in [9.17, 15) is 4.79 Å². The number of benzene rings is 2. The van der Waals surface area contributed by atoms with Crippen molar-refractivity contribution in [3.05, 3.63) is 95.7 Å². The second-order valence-electron chi connectivity index (χ2n) is 7.50. The lowest BCUT2D eigenvalue weighted by Crippen LogP contribution is -2.23. The maximum Gasteiger partial charge on any atom is 0.252 e. The van der Waals surface area contributed by atoms with Crippen LogP contribution in [0, 0.1) is 0 Å². The molecule has 2 aromatic carbocycles. The van der Waals surface area contributed by atoms with E-state index < -0.39 is 0 Å². The minimum atomic E-state index is -0.0759. The van der Waals surface area contributed by atoms with Crippen molar-refractivity contribution in [2.45, 2.75) is 32.9 Å². The Bertz CT molecular complexity index is 1120. The molecular weight excluding hydrogens is 360 g/mol. The largest absolute Gasteiger partial charge is 0.348 e. The number of nitrogens with one attached hydrogen (secondary N) is 1. The van der Waals surface area contributed by atoms with Crippen molar-refractivity contribution >= 4 is 16.8 Å². The van der Waals surface area contributed by atoms with Gasteiger partial charge in [-0.3, -0.25) is 9.78 Å². The Hall–Kier alpha value is -3.47. The van der Waals surface area contributed by atoms with Gasteiger partial charge in [-0.15, -0.1) is 0 Å². The van der Waals surface area contributed by atoms with Crippen LogP contribution < -0.4 is 5.32 Å². The topological polar surface area (TPSA) is 59.8 Å². The smallest absolute Gasteiger partial charge is 0.252 e. The molecule has 0 spiro atoms. The van der Waals surface area contributed by atoms with Gasteiger partial charge in [-0.1, -0.05) is 56.3 Å². The first kappa shape index (κ1) is 18.9. The van der Waals surface area contributed by atoms with Crippen LogP contribution in [0.1, 0.15) is 46.9 Å². The van der Waals surface area contributed by atoms with Crippen molar-refractivity contribution in [1.29, 1.82) is 0 Å². The van der Waals surface area contributed by atoms with Crippen molar-refractivity contribution in [3.63, 3.8) is 0 Å². The number of amides is 1. The van der Waals surface area contributed by atoms with Crippen LogP contribution in [0.15, 0.2) is 73.3 Å². The first-order chi connectivity index (χ1) is 14.1. The number of hydrogen-bond acceptors (Lipinski definition) is 3. The van der Waals surface area contributed by atoms with Gasteiger partial charge in [0.25, 0.3) is 5.91 Å². The first-order valence-electron chi connectivity index (χ1n) is 9.81. The van der Waals surface area contributed by atoms with E-state index in [4.69, 9.17) is 0 Å². The molecule has 29 heavy (non-hydrogen) atoms. The Morgan fingerprint density at radius 1 is 1.07 bits per heavy atom. The van der Waals surface area contributed by atoms with Gasteiger partial charge in [0, 0.05) is 36.6 Å². The fourth-order valence-corrected chi connectivity index (χ4v) is 3.31. The fraction of sp³-hybridized carbons (Fsp3) is 0.208. The fourth-order valence-electron chi connectivity index (χ4n) is 3.31. The highest BCUT2D eigenvalue weighted by molar-refractivity contribution is 6.06. The van der Waals surface area contributed by atoms with Crippen molar-refractivity contribution < 1.29 is 4.79 Å². The second-order valence-corrected chi connectivity index (χ2v) is 7.50. The number of hydrogen-bond donors (Lipinski definition) is 1. The number of nitrogens with zero attached hydrogens (tertiary/aromatic N) is 3. The molecule has 5 nitrogen and oxygen atoms in total. The number of pyridine rings is 1. The van der Waals surface area contributed by atoms with Crippen molar-refractivity contribution in [2.75, 3.05) is 0 Å². The van der Waals surface area contributed by atoms with Crippen LogP contribution in [-0.4, -0.2) is 20.4 Å². The SMILES string of the molecule is CC(C)c1cc(C(=O)NCc2ccc(Cn3ccnc3)cc2)c2ccccc2n1. The molecule has 2 aromatic heterocycles. The highest BCUT2D eigenvalue weighted by Crippen LogP contribution is 2.22. The summed E-state index contributed by atoms with van der Waals surface area (Å²) in [6.07, 6.45) is 5.52. The Balaban J connectivity index is 1.48. The summed E-state index contributed by atoms with van der Waals surface area (Å²) in [5.74, 6) is 0.183. The molecule has 1 N–H and O–H groups in total. The summed E-state index contributed by atoms with van der Waals surface area (Å²) < 4.78 is 2.03. The first-order valence-corrected chi connectivity index (χ1v) is 9.81. The molecule has 0 fully saturated rings. The van der Waals surface area contributed by atoms with Gasteiger partial charge in [-0.2, -0.15) is 0 Å². The van der Waals surface area contributed by atoms with Crippen molar-refractivity contribution in [1.82, 2.24) is 19.9 Å². The van der Waals surface area contributed by atoms with Crippen LogP contribution in [0.4, 0.5) is 0 Å². The molecular formula is C24H24N4O. The molecule has 0 unspecified atom stereocenters. The van der Waals surface area contributed by atoms with E-state index in [2.05, 4.69) is 53.4 Å². The summed E-state index contributed by atoms with van der Waals surface area (Å²) in [4.78, 5) is 21.7. The maximum absolute atomic E-state index is 12.9. The molecule has 0 aliphatic heterocycles. The molecule has 0 bridgehead atoms. The number of carbonyl (C=O) groups is 1. The molecule has 5 heteroatoms. The van der Waals surface area contributed by atoms with Gasteiger partial charge in [0.05, 0.1) is 17.4 Å². The predicted octanol–water partition coefficient (Wildman–Crippen LogP) is 4.53. The quantitative estimate of drug-likeness (QED) is 0.531. The minimum Gasteiger partial charge on any atom is -0.348 e. The Kier molecular flexibility index (Phi) is 5.38. The molecule has 4 rings (SSSR count). The third-order valence-electron chi connectivity index (χ3n) is 4.97. The molecule has 0 atom stereocenters. The van der Waals surface area contributed by atoms with Gasteiger partial charge in [0.1, 0.15) is 0 Å². The third kappa shape index (κ3) is 4.35. The van der Waals surface area contributed by atoms with E-state index >= 15 is 0 Å². The van der Waals surface area contributed by atoms with Crippen LogP contribution in [0.25, 0.3) is 10.9 Å². The van der Waals surface area contributed by atoms with Gasteiger partial charge in [0.15, 0.2) is 0 Å². The molecule has 2 heterocycles. The average Bonchev–Trinajstić information content (AvgIpc) is 3.25. The molecule has 1 amide bonds. The molecule has 0 saturated carbocycles. The lowest BCUT2D eigenvalue weighted by molar-refractivity contribution is 0.0952. The zero-order valence-corrected chi connectivity index (χ0v) is 16.7.